The maximum Gasteiger partial charge on any atom is 0.272 e. The zero-order valence-corrected chi connectivity index (χ0v) is 14.1. The van der Waals surface area contributed by atoms with Crippen LogP contribution in [0.2, 0.25) is 0 Å². The van der Waals surface area contributed by atoms with Gasteiger partial charge in [-0.05, 0) is 13.6 Å². The Morgan fingerprint density at radius 3 is 2.39 bits per heavy atom. The lowest BCUT2D eigenvalue weighted by Gasteiger charge is -2.35. The molecule has 1 aromatic heterocycles. The first kappa shape index (κ1) is 16.1. The van der Waals surface area contributed by atoms with Crippen LogP contribution in [-0.2, 0) is 0 Å². The van der Waals surface area contributed by atoms with Crippen LogP contribution in [0, 0.1) is 0 Å². The van der Waals surface area contributed by atoms with E-state index in [9.17, 15) is 4.79 Å². The van der Waals surface area contributed by atoms with Gasteiger partial charge in [-0.1, -0.05) is 6.92 Å². The topological polar surface area (TPSA) is 55.8 Å². The molecule has 0 radical (unpaired) electrons. The Balaban J connectivity index is 1.66. The first-order valence-corrected chi connectivity index (χ1v) is 8.44. The average molecular weight is 318 g/mol. The summed E-state index contributed by atoms with van der Waals surface area (Å²) in [5.74, 6) is 0.891. The van der Waals surface area contributed by atoms with Gasteiger partial charge >= 0.3 is 0 Å². The van der Waals surface area contributed by atoms with Crippen LogP contribution in [0.1, 0.15) is 17.4 Å². The fourth-order valence-electron chi connectivity index (χ4n) is 3.10. The van der Waals surface area contributed by atoms with E-state index in [2.05, 4.69) is 38.6 Å². The van der Waals surface area contributed by atoms with Crippen molar-refractivity contribution in [2.75, 3.05) is 70.9 Å². The number of hydrogen-bond donors (Lipinski definition) is 0. The van der Waals surface area contributed by atoms with E-state index in [1.54, 1.807) is 0 Å². The molecule has 0 aromatic carbocycles. The largest absolute Gasteiger partial charge is 0.354 e. The van der Waals surface area contributed by atoms with Gasteiger partial charge in [0.2, 0.25) is 0 Å². The lowest BCUT2D eigenvalue weighted by molar-refractivity contribution is 0.0658. The number of anilines is 1. The number of aromatic nitrogens is 2. The third kappa shape index (κ3) is 3.79. The Kier molecular flexibility index (Phi) is 5.07. The number of carbonyl (C=O) groups is 1. The SMILES string of the molecule is CCN1CCN(c2cc(C(=O)N3CCN(C)CC3)ncn2)CC1. The molecule has 0 saturated carbocycles. The molecular weight excluding hydrogens is 292 g/mol. The number of rotatable bonds is 3. The van der Waals surface area contributed by atoms with Crippen molar-refractivity contribution >= 4 is 11.7 Å². The van der Waals surface area contributed by atoms with E-state index < -0.39 is 0 Å². The summed E-state index contributed by atoms with van der Waals surface area (Å²) in [4.78, 5) is 30.0. The molecule has 3 heterocycles. The Morgan fingerprint density at radius 2 is 1.74 bits per heavy atom. The standard InChI is InChI=1S/C16H26N6O/c1-3-20-6-10-21(11-7-20)15-12-14(17-13-18-15)16(23)22-8-4-19(2)5-9-22/h12-13H,3-11H2,1-2H3. The molecule has 126 valence electrons. The van der Waals surface area contributed by atoms with Gasteiger partial charge in [0.1, 0.15) is 17.8 Å². The van der Waals surface area contributed by atoms with Crippen molar-refractivity contribution in [3.8, 4) is 0 Å². The molecule has 0 bridgehead atoms. The van der Waals surface area contributed by atoms with Crippen molar-refractivity contribution in [3.05, 3.63) is 18.1 Å². The molecule has 3 rings (SSSR count). The molecule has 7 nitrogen and oxygen atoms in total. The van der Waals surface area contributed by atoms with E-state index >= 15 is 0 Å². The van der Waals surface area contributed by atoms with E-state index in [0.717, 1.165) is 64.7 Å². The van der Waals surface area contributed by atoms with Crippen molar-refractivity contribution in [2.24, 2.45) is 0 Å². The molecule has 2 aliphatic rings. The molecule has 0 unspecified atom stereocenters. The van der Waals surface area contributed by atoms with Crippen LogP contribution in [0.5, 0.6) is 0 Å². The Hall–Kier alpha value is -1.73. The molecule has 23 heavy (non-hydrogen) atoms. The molecule has 2 aliphatic heterocycles. The van der Waals surface area contributed by atoms with Crippen LogP contribution in [0.15, 0.2) is 12.4 Å². The Morgan fingerprint density at radius 1 is 1.04 bits per heavy atom. The minimum atomic E-state index is 0.0222. The van der Waals surface area contributed by atoms with E-state index in [1.807, 2.05) is 11.0 Å². The fourth-order valence-corrected chi connectivity index (χ4v) is 3.10. The van der Waals surface area contributed by atoms with Crippen molar-refractivity contribution in [1.82, 2.24) is 24.7 Å². The maximum atomic E-state index is 12.6. The highest BCUT2D eigenvalue weighted by atomic mass is 16.2. The second-order valence-electron chi connectivity index (χ2n) is 6.28. The molecule has 2 fully saturated rings. The van der Waals surface area contributed by atoms with Gasteiger partial charge in [-0.3, -0.25) is 4.79 Å². The van der Waals surface area contributed by atoms with E-state index in [-0.39, 0.29) is 5.91 Å². The summed E-state index contributed by atoms with van der Waals surface area (Å²) >= 11 is 0. The van der Waals surface area contributed by atoms with Gasteiger partial charge in [0, 0.05) is 58.4 Å². The van der Waals surface area contributed by atoms with Crippen LogP contribution in [0.3, 0.4) is 0 Å². The van der Waals surface area contributed by atoms with Crippen LogP contribution in [-0.4, -0.2) is 96.5 Å². The summed E-state index contributed by atoms with van der Waals surface area (Å²) < 4.78 is 0. The molecule has 0 atom stereocenters. The van der Waals surface area contributed by atoms with Crippen molar-refractivity contribution in [3.63, 3.8) is 0 Å². The summed E-state index contributed by atoms with van der Waals surface area (Å²) in [6, 6.07) is 1.85. The lowest BCUT2D eigenvalue weighted by atomic mass is 10.2. The van der Waals surface area contributed by atoms with Gasteiger partial charge in [0.25, 0.3) is 5.91 Å². The first-order valence-electron chi connectivity index (χ1n) is 8.44. The van der Waals surface area contributed by atoms with Crippen LogP contribution < -0.4 is 4.90 Å². The molecule has 1 amide bonds. The van der Waals surface area contributed by atoms with Crippen molar-refractivity contribution in [2.45, 2.75) is 6.92 Å². The fraction of sp³-hybridized carbons (Fsp3) is 0.688. The highest BCUT2D eigenvalue weighted by molar-refractivity contribution is 5.93. The molecule has 1 aromatic rings. The predicted molar refractivity (Wildman–Crippen MR) is 89.8 cm³/mol. The minimum absolute atomic E-state index is 0.0222. The Labute approximate surface area is 137 Å². The summed E-state index contributed by atoms with van der Waals surface area (Å²) in [5.41, 5.74) is 0.512. The van der Waals surface area contributed by atoms with Gasteiger partial charge < -0.3 is 19.6 Å². The van der Waals surface area contributed by atoms with E-state index in [1.165, 1.54) is 6.33 Å². The summed E-state index contributed by atoms with van der Waals surface area (Å²) in [6.45, 7) is 10.6. The molecule has 0 aliphatic carbocycles. The third-order valence-electron chi connectivity index (χ3n) is 4.81. The molecule has 2 saturated heterocycles. The van der Waals surface area contributed by atoms with Gasteiger partial charge in [-0.15, -0.1) is 0 Å². The molecule has 0 spiro atoms. The van der Waals surface area contributed by atoms with Crippen LogP contribution in [0.4, 0.5) is 5.82 Å². The van der Waals surface area contributed by atoms with E-state index in [0.29, 0.717) is 5.69 Å². The molecular formula is C16H26N6O. The second-order valence-corrected chi connectivity index (χ2v) is 6.28. The van der Waals surface area contributed by atoms with Gasteiger partial charge in [0.05, 0.1) is 0 Å². The maximum absolute atomic E-state index is 12.6. The van der Waals surface area contributed by atoms with Gasteiger partial charge in [0.15, 0.2) is 0 Å². The number of piperazine rings is 2. The monoisotopic (exact) mass is 318 g/mol. The van der Waals surface area contributed by atoms with Crippen LogP contribution in [0.25, 0.3) is 0 Å². The molecule has 7 heteroatoms. The summed E-state index contributed by atoms with van der Waals surface area (Å²) in [7, 11) is 2.08. The number of carbonyl (C=O) groups excluding carboxylic acids is 1. The smallest absolute Gasteiger partial charge is 0.272 e. The second kappa shape index (κ2) is 7.23. The normalized spacial score (nSPS) is 20.8. The van der Waals surface area contributed by atoms with Gasteiger partial charge in [-0.2, -0.15) is 0 Å². The van der Waals surface area contributed by atoms with E-state index in [4.69, 9.17) is 0 Å². The number of hydrogen-bond acceptors (Lipinski definition) is 6. The zero-order valence-electron chi connectivity index (χ0n) is 14.1. The van der Waals surface area contributed by atoms with Crippen molar-refractivity contribution in [1.29, 1.82) is 0 Å². The highest BCUT2D eigenvalue weighted by Crippen LogP contribution is 2.15. The number of nitrogens with zero attached hydrogens (tertiary/aromatic N) is 6. The lowest BCUT2D eigenvalue weighted by Crippen LogP contribution is -2.47. The third-order valence-corrected chi connectivity index (χ3v) is 4.81. The van der Waals surface area contributed by atoms with Crippen molar-refractivity contribution < 1.29 is 4.79 Å². The first-order chi connectivity index (χ1) is 11.2. The minimum Gasteiger partial charge on any atom is -0.354 e. The predicted octanol–water partition coefficient (Wildman–Crippen LogP) is 0.00610. The van der Waals surface area contributed by atoms with Crippen LogP contribution >= 0.6 is 0 Å². The quantitative estimate of drug-likeness (QED) is 0.782. The average Bonchev–Trinajstić information content (AvgIpc) is 2.62. The number of amides is 1. The van der Waals surface area contributed by atoms with Gasteiger partial charge in [-0.25, -0.2) is 9.97 Å². The highest BCUT2D eigenvalue weighted by Gasteiger charge is 2.23. The zero-order chi connectivity index (χ0) is 16.2. The number of likely N-dealkylation sites (N-methyl/N-ethyl adjacent to an activating group) is 2. The molecule has 0 N–H and O–H groups in total. The Bertz CT molecular complexity index is 535. The summed E-state index contributed by atoms with van der Waals surface area (Å²) in [5, 5.41) is 0. The summed E-state index contributed by atoms with van der Waals surface area (Å²) in [6.07, 6.45) is 1.52.